The van der Waals surface area contributed by atoms with Gasteiger partial charge in [0, 0.05) is 18.1 Å². The van der Waals surface area contributed by atoms with Gasteiger partial charge in [-0.1, -0.05) is 26.0 Å². The summed E-state index contributed by atoms with van der Waals surface area (Å²) in [6.45, 7) is 7.45. The van der Waals surface area contributed by atoms with Crippen LogP contribution < -0.4 is 4.74 Å². The van der Waals surface area contributed by atoms with Gasteiger partial charge in [-0.3, -0.25) is 9.59 Å². The van der Waals surface area contributed by atoms with Crippen molar-refractivity contribution >= 4 is 22.8 Å². The molecule has 0 amide bonds. The third-order valence-electron chi connectivity index (χ3n) is 4.21. The van der Waals surface area contributed by atoms with Gasteiger partial charge in [-0.05, 0) is 37.6 Å². The van der Waals surface area contributed by atoms with Crippen LogP contribution in [0.5, 0.6) is 5.75 Å². The van der Waals surface area contributed by atoms with Crippen molar-refractivity contribution in [2.45, 2.75) is 39.5 Å². The van der Waals surface area contributed by atoms with Crippen molar-refractivity contribution in [3.63, 3.8) is 0 Å². The second-order valence-electron chi connectivity index (χ2n) is 6.04. The highest BCUT2D eigenvalue weighted by molar-refractivity contribution is 5.90. The molecule has 0 bridgehead atoms. The number of benzene rings is 1. The summed E-state index contributed by atoms with van der Waals surface area (Å²) in [6, 6.07) is 5.58. The highest BCUT2D eigenvalue weighted by Gasteiger charge is 2.13. The smallest absolute Gasteiger partial charge is 0.311 e. The average molecular weight is 346 g/mol. The van der Waals surface area contributed by atoms with Crippen LogP contribution in [0.1, 0.15) is 38.7 Å². The van der Waals surface area contributed by atoms with Gasteiger partial charge in [0.1, 0.15) is 0 Å². The lowest BCUT2D eigenvalue weighted by Gasteiger charge is -2.19. The number of nitrogens with zero attached hydrogens (tertiary/aromatic N) is 1. The van der Waals surface area contributed by atoms with E-state index in [1.807, 2.05) is 18.3 Å². The van der Waals surface area contributed by atoms with E-state index in [-0.39, 0.29) is 12.8 Å². The Hall–Kier alpha value is -2.34. The number of carbonyl (C=O) groups is 2. The molecule has 0 radical (unpaired) electrons. The molecule has 136 valence electrons. The number of aromatic amines is 1. The lowest BCUT2D eigenvalue weighted by atomic mass is 10.1. The number of hydrogen-bond donors (Lipinski definition) is 2. The molecule has 1 aromatic heterocycles. The molecule has 0 fully saturated rings. The van der Waals surface area contributed by atoms with Gasteiger partial charge in [0.05, 0.1) is 18.4 Å². The van der Waals surface area contributed by atoms with Crippen LogP contribution in [-0.4, -0.2) is 46.6 Å². The second-order valence-corrected chi connectivity index (χ2v) is 6.04. The molecule has 0 aliphatic rings. The van der Waals surface area contributed by atoms with Gasteiger partial charge >= 0.3 is 11.9 Å². The number of carboxylic acids is 1. The van der Waals surface area contributed by atoms with E-state index >= 15 is 0 Å². The van der Waals surface area contributed by atoms with E-state index in [2.05, 4.69) is 23.7 Å². The van der Waals surface area contributed by atoms with Gasteiger partial charge in [-0.25, -0.2) is 0 Å². The molecule has 0 aliphatic heterocycles. The van der Waals surface area contributed by atoms with Gasteiger partial charge in [0.25, 0.3) is 0 Å². The first-order valence-corrected chi connectivity index (χ1v) is 8.79. The third-order valence-corrected chi connectivity index (χ3v) is 4.21. The summed E-state index contributed by atoms with van der Waals surface area (Å²) >= 11 is 0. The lowest BCUT2D eigenvalue weighted by Crippen LogP contribution is -2.26. The molecule has 1 aromatic carbocycles. The number of carboxylic acid groups (broad SMARTS) is 1. The van der Waals surface area contributed by atoms with Crippen molar-refractivity contribution < 1.29 is 19.4 Å². The fourth-order valence-electron chi connectivity index (χ4n) is 2.88. The highest BCUT2D eigenvalue weighted by atomic mass is 16.5. The minimum atomic E-state index is -1.01. The number of rotatable bonds is 10. The Morgan fingerprint density at radius 1 is 1.20 bits per heavy atom. The molecule has 1 heterocycles. The molecule has 0 unspecified atom stereocenters. The number of H-pyrrole nitrogens is 1. The summed E-state index contributed by atoms with van der Waals surface area (Å²) in [5.41, 5.74) is 1.97. The second kappa shape index (κ2) is 9.22. The van der Waals surface area contributed by atoms with Crippen LogP contribution in [0.15, 0.2) is 24.4 Å². The van der Waals surface area contributed by atoms with Gasteiger partial charge in [0.15, 0.2) is 5.75 Å². The zero-order valence-corrected chi connectivity index (χ0v) is 14.9. The number of likely N-dealkylation sites (N-methyl/N-ethyl adjacent to an activating group) is 1. The van der Waals surface area contributed by atoms with Crippen LogP contribution in [0.25, 0.3) is 10.9 Å². The van der Waals surface area contributed by atoms with E-state index in [0.29, 0.717) is 5.75 Å². The van der Waals surface area contributed by atoms with Crippen molar-refractivity contribution in [2.24, 2.45) is 0 Å². The fraction of sp³-hybridized carbons (Fsp3) is 0.474. The number of ether oxygens (including phenoxy) is 1. The van der Waals surface area contributed by atoms with Crippen LogP contribution in [0.3, 0.4) is 0 Å². The van der Waals surface area contributed by atoms with Crippen molar-refractivity contribution in [1.82, 2.24) is 9.88 Å². The number of para-hydroxylation sites is 1. The van der Waals surface area contributed by atoms with E-state index in [9.17, 15) is 9.59 Å². The van der Waals surface area contributed by atoms with E-state index in [1.54, 1.807) is 6.07 Å². The first-order valence-electron chi connectivity index (χ1n) is 8.79. The van der Waals surface area contributed by atoms with Crippen LogP contribution in [0.2, 0.25) is 0 Å². The van der Waals surface area contributed by atoms with Gasteiger partial charge in [0.2, 0.25) is 0 Å². The summed E-state index contributed by atoms with van der Waals surface area (Å²) in [6.07, 6.45) is 3.65. The van der Waals surface area contributed by atoms with Crippen molar-refractivity contribution in [3.8, 4) is 5.75 Å². The number of carbonyl (C=O) groups excluding carboxylic acids is 1. The van der Waals surface area contributed by atoms with Gasteiger partial charge in [-0.15, -0.1) is 0 Å². The fourth-order valence-corrected chi connectivity index (χ4v) is 2.88. The quantitative estimate of drug-likeness (QED) is 0.510. The molecule has 0 aliphatic carbocycles. The molecule has 6 nitrogen and oxygen atoms in total. The van der Waals surface area contributed by atoms with Gasteiger partial charge < -0.3 is 19.7 Å². The van der Waals surface area contributed by atoms with Crippen molar-refractivity contribution in [3.05, 3.63) is 30.0 Å². The Bertz CT molecular complexity index is 723. The number of esters is 1. The Morgan fingerprint density at radius 2 is 2.00 bits per heavy atom. The van der Waals surface area contributed by atoms with Gasteiger partial charge in [-0.2, -0.15) is 0 Å². The molecule has 6 heteroatoms. The van der Waals surface area contributed by atoms with Crippen LogP contribution >= 0.6 is 0 Å². The largest absolute Gasteiger partial charge is 0.481 e. The maximum Gasteiger partial charge on any atom is 0.311 e. The molecule has 0 atom stereocenters. The van der Waals surface area contributed by atoms with Crippen molar-refractivity contribution in [1.29, 1.82) is 0 Å². The summed E-state index contributed by atoms with van der Waals surface area (Å²) in [4.78, 5) is 27.9. The monoisotopic (exact) mass is 346 g/mol. The summed E-state index contributed by atoms with van der Waals surface area (Å²) in [5.74, 6) is -1.10. The first kappa shape index (κ1) is 19.0. The Morgan fingerprint density at radius 3 is 2.68 bits per heavy atom. The van der Waals surface area contributed by atoms with Crippen LogP contribution in [0.4, 0.5) is 0 Å². The predicted octanol–water partition coefficient (Wildman–Crippen LogP) is 3.21. The van der Waals surface area contributed by atoms with Crippen LogP contribution in [-0.2, 0) is 16.0 Å². The maximum atomic E-state index is 11.8. The summed E-state index contributed by atoms with van der Waals surface area (Å²) in [5, 5.41) is 9.69. The van der Waals surface area contributed by atoms with E-state index in [1.165, 1.54) is 5.56 Å². The average Bonchev–Trinajstić information content (AvgIpc) is 3.01. The minimum Gasteiger partial charge on any atom is -0.481 e. The Labute approximate surface area is 147 Å². The third kappa shape index (κ3) is 5.32. The van der Waals surface area contributed by atoms with E-state index in [0.717, 1.165) is 43.4 Å². The number of hydrogen-bond acceptors (Lipinski definition) is 4. The highest BCUT2D eigenvalue weighted by Crippen LogP contribution is 2.28. The molecule has 0 saturated heterocycles. The molecular weight excluding hydrogens is 320 g/mol. The molecule has 0 spiro atoms. The molecule has 2 N–H and O–H groups in total. The standard InChI is InChI=1S/C19H26N2O4/c1-3-11-21(4-2)12-10-14-13-20-19-15(14)6-5-7-16(19)25-18(24)9-8-17(22)23/h5-7,13,20H,3-4,8-12H2,1-2H3,(H,22,23). The zero-order chi connectivity index (χ0) is 18.2. The topological polar surface area (TPSA) is 82.6 Å². The predicted molar refractivity (Wildman–Crippen MR) is 96.9 cm³/mol. The van der Waals surface area contributed by atoms with E-state index < -0.39 is 11.9 Å². The number of aliphatic carboxylic acids is 1. The zero-order valence-electron chi connectivity index (χ0n) is 14.9. The number of aromatic nitrogens is 1. The first-order chi connectivity index (χ1) is 12.0. The maximum absolute atomic E-state index is 11.8. The van der Waals surface area contributed by atoms with E-state index in [4.69, 9.17) is 9.84 Å². The van der Waals surface area contributed by atoms with Crippen molar-refractivity contribution in [2.75, 3.05) is 19.6 Å². The lowest BCUT2D eigenvalue weighted by molar-refractivity contribution is -0.142. The Kier molecular flexibility index (Phi) is 7.01. The molecule has 0 saturated carbocycles. The molecule has 25 heavy (non-hydrogen) atoms. The molecular formula is C19H26N2O4. The molecule has 2 aromatic rings. The Balaban J connectivity index is 2.08. The number of nitrogens with one attached hydrogen (secondary N) is 1. The summed E-state index contributed by atoms with van der Waals surface area (Å²) < 4.78 is 5.33. The normalized spacial score (nSPS) is 11.2. The summed E-state index contributed by atoms with van der Waals surface area (Å²) in [7, 11) is 0. The van der Waals surface area contributed by atoms with Crippen LogP contribution in [0, 0.1) is 0 Å². The number of fused-ring (bicyclic) bond motifs is 1. The SMILES string of the molecule is CCCN(CC)CCc1c[nH]c2c(OC(=O)CCC(=O)O)cccc12. The minimum absolute atomic E-state index is 0.137. The molecule has 2 rings (SSSR count).